The van der Waals surface area contributed by atoms with E-state index >= 15 is 0 Å². The third-order valence-electron chi connectivity index (χ3n) is 1.03. The van der Waals surface area contributed by atoms with Crippen molar-refractivity contribution >= 4 is 60.8 Å². The first-order valence-electron chi connectivity index (χ1n) is 3.06. The van der Waals surface area contributed by atoms with Crippen LogP contribution in [0.3, 0.4) is 0 Å². The number of unbranched alkanes of at least 4 members (excludes halogenated alkanes) is 1. The van der Waals surface area contributed by atoms with Crippen LogP contribution in [-0.2, 0) is 29.1 Å². The zero-order valence-corrected chi connectivity index (χ0v) is 14.4. The average molecular weight is 351 g/mol. The predicted octanol–water partition coefficient (Wildman–Crippen LogP) is 0.558. The molecule has 0 aromatic carbocycles. The molecule has 0 fully saturated rings. The van der Waals surface area contributed by atoms with Crippen molar-refractivity contribution in [2.75, 3.05) is 0 Å². The summed E-state index contributed by atoms with van der Waals surface area (Å²) in [5.41, 5.74) is 0. The minimum absolute atomic E-state index is 0. The second-order valence-corrected chi connectivity index (χ2v) is 1.99. The zero-order chi connectivity index (χ0) is 7.98. The molecule has 0 aromatic rings. The van der Waals surface area contributed by atoms with Gasteiger partial charge in [0.25, 0.3) is 0 Å². The standard InChI is InChI=1S/C6H10O4.Ba.Zn.2H/c7-5(8)3-1-2-4-6(9)10;;;;/h1-4H2,(H,7,8)(H,9,10);;;;/q;+2;;2*-1. The first kappa shape index (κ1) is 18.8. The Balaban J connectivity index is -0.0000000675. The van der Waals surface area contributed by atoms with Crippen LogP contribution in [0.25, 0.3) is 0 Å². The molecule has 0 unspecified atom stereocenters. The molecule has 6 heteroatoms. The van der Waals surface area contributed by atoms with Gasteiger partial charge in [-0.2, -0.15) is 0 Å². The number of rotatable bonds is 5. The monoisotopic (exact) mass is 350 g/mol. The average Bonchev–Trinajstić information content (AvgIpc) is 1.79. The third-order valence-corrected chi connectivity index (χ3v) is 1.03. The molecule has 0 radical (unpaired) electrons. The molecule has 0 aromatic heterocycles. The molecule has 0 aliphatic heterocycles. The van der Waals surface area contributed by atoms with Gasteiger partial charge in [0.1, 0.15) is 0 Å². The molecular weight excluding hydrogens is 339 g/mol. The van der Waals surface area contributed by atoms with Gasteiger partial charge < -0.3 is 13.1 Å². The predicted molar refractivity (Wildman–Crippen MR) is 41.7 cm³/mol. The Morgan fingerprint density at radius 1 is 1.00 bits per heavy atom. The Hall–Kier alpha value is 1.13. The topological polar surface area (TPSA) is 74.6 Å². The van der Waals surface area contributed by atoms with Crippen LogP contribution >= 0.6 is 0 Å². The Kier molecular flexibility index (Phi) is 19.0. The first-order valence-corrected chi connectivity index (χ1v) is 3.06. The van der Waals surface area contributed by atoms with Crippen LogP contribution in [0.4, 0.5) is 0 Å². The van der Waals surface area contributed by atoms with E-state index < -0.39 is 11.9 Å². The Labute approximate surface area is 127 Å². The summed E-state index contributed by atoms with van der Waals surface area (Å²) in [4.78, 5) is 19.8. The van der Waals surface area contributed by atoms with E-state index in [2.05, 4.69) is 0 Å². The largest absolute Gasteiger partial charge is 2.00 e. The van der Waals surface area contributed by atoms with Crippen LogP contribution in [0.5, 0.6) is 0 Å². The van der Waals surface area contributed by atoms with Crippen molar-refractivity contribution in [2.45, 2.75) is 25.7 Å². The molecule has 0 saturated carbocycles. The molecule has 0 aliphatic rings. The summed E-state index contributed by atoms with van der Waals surface area (Å²) in [5.74, 6) is -1.74. The summed E-state index contributed by atoms with van der Waals surface area (Å²) in [6.07, 6.45) is 1.02. The van der Waals surface area contributed by atoms with Gasteiger partial charge in [-0.15, -0.1) is 0 Å². The van der Waals surface area contributed by atoms with Crippen LogP contribution in [0.15, 0.2) is 0 Å². The van der Waals surface area contributed by atoms with Gasteiger partial charge in [-0.3, -0.25) is 9.59 Å². The summed E-state index contributed by atoms with van der Waals surface area (Å²) in [5, 5.41) is 16.3. The summed E-state index contributed by atoms with van der Waals surface area (Å²) in [6.45, 7) is 0. The van der Waals surface area contributed by atoms with E-state index in [0.29, 0.717) is 12.8 Å². The minimum Gasteiger partial charge on any atom is -1.00 e. The molecule has 0 amide bonds. The normalized spacial score (nSPS) is 7.67. The molecule has 0 rings (SSSR count). The molecule has 2 N–H and O–H groups in total. The molecule has 64 valence electrons. The van der Waals surface area contributed by atoms with Crippen molar-refractivity contribution in [2.24, 2.45) is 0 Å². The van der Waals surface area contributed by atoms with E-state index in [4.69, 9.17) is 10.2 Å². The van der Waals surface area contributed by atoms with Gasteiger partial charge in [0.2, 0.25) is 0 Å². The zero-order valence-electron chi connectivity index (χ0n) is 8.95. The van der Waals surface area contributed by atoms with Gasteiger partial charge in [-0.25, -0.2) is 0 Å². The molecular formula is C6H12BaO4Zn. The molecule has 0 heterocycles. The van der Waals surface area contributed by atoms with E-state index in [-0.39, 0.29) is 84.1 Å². The first-order chi connectivity index (χ1) is 4.63. The van der Waals surface area contributed by atoms with Crippen LogP contribution in [0.2, 0.25) is 0 Å². The van der Waals surface area contributed by atoms with Crippen LogP contribution in [0.1, 0.15) is 28.5 Å². The van der Waals surface area contributed by atoms with Crippen molar-refractivity contribution in [1.29, 1.82) is 0 Å². The summed E-state index contributed by atoms with van der Waals surface area (Å²) in [7, 11) is 0. The van der Waals surface area contributed by atoms with E-state index in [0.717, 1.165) is 0 Å². The van der Waals surface area contributed by atoms with E-state index in [1.54, 1.807) is 0 Å². The maximum atomic E-state index is 9.90. The quantitative estimate of drug-likeness (QED) is 0.561. The fourth-order valence-corrected chi connectivity index (χ4v) is 0.552. The van der Waals surface area contributed by atoms with E-state index in [9.17, 15) is 9.59 Å². The Morgan fingerprint density at radius 2 is 1.25 bits per heavy atom. The van der Waals surface area contributed by atoms with Gasteiger partial charge in [-0.1, -0.05) is 0 Å². The smallest absolute Gasteiger partial charge is 1.00 e. The van der Waals surface area contributed by atoms with Crippen molar-refractivity contribution in [1.82, 2.24) is 0 Å². The number of hydrogen-bond acceptors (Lipinski definition) is 2. The molecule has 12 heavy (non-hydrogen) atoms. The fourth-order valence-electron chi connectivity index (χ4n) is 0.552. The molecule has 0 aliphatic carbocycles. The SMILES string of the molecule is O=C(O)CCCCC(=O)O.[Ba+2].[H-].[H-].[Zn]. The molecule has 0 saturated heterocycles. The second-order valence-electron chi connectivity index (χ2n) is 1.99. The number of carbonyl (C=O) groups is 2. The van der Waals surface area contributed by atoms with Gasteiger partial charge >= 0.3 is 60.8 Å². The van der Waals surface area contributed by atoms with Gasteiger partial charge in [0, 0.05) is 32.3 Å². The van der Waals surface area contributed by atoms with Crippen molar-refractivity contribution in [3.63, 3.8) is 0 Å². The Morgan fingerprint density at radius 3 is 1.42 bits per heavy atom. The maximum absolute atomic E-state index is 9.90. The number of hydrogen-bond donors (Lipinski definition) is 2. The van der Waals surface area contributed by atoms with Crippen LogP contribution < -0.4 is 0 Å². The van der Waals surface area contributed by atoms with Crippen molar-refractivity contribution in [3.8, 4) is 0 Å². The number of carboxylic acids is 2. The van der Waals surface area contributed by atoms with Crippen molar-refractivity contribution < 1.29 is 42.1 Å². The van der Waals surface area contributed by atoms with Crippen LogP contribution in [-0.4, -0.2) is 71.0 Å². The summed E-state index contributed by atoms with van der Waals surface area (Å²) in [6, 6.07) is 0. The fraction of sp³-hybridized carbons (Fsp3) is 0.667. The maximum Gasteiger partial charge on any atom is 2.00 e. The number of aliphatic carboxylic acids is 2. The minimum atomic E-state index is -0.870. The molecule has 4 nitrogen and oxygen atoms in total. The molecule has 0 atom stereocenters. The molecule has 0 bridgehead atoms. The van der Waals surface area contributed by atoms with Gasteiger partial charge in [-0.05, 0) is 12.8 Å². The summed E-state index contributed by atoms with van der Waals surface area (Å²) < 4.78 is 0. The third kappa shape index (κ3) is 17.3. The summed E-state index contributed by atoms with van der Waals surface area (Å²) >= 11 is 0. The Bertz CT molecular complexity index is 132. The van der Waals surface area contributed by atoms with Gasteiger partial charge in [0.05, 0.1) is 0 Å². The molecule has 0 spiro atoms. The van der Waals surface area contributed by atoms with E-state index in [1.807, 2.05) is 0 Å². The van der Waals surface area contributed by atoms with E-state index in [1.165, 1.54) is 0 Å². The van der Waals surface area contributed by atoms with Gasteiger partial charge in [0.15, 0.2) is 0 Å². The van der Waals surface area contributed by atoms with Crippen molar-refractivity contribution in [3.05, 3.63) is 0 Å². The second kappa shape index (κ2) is 12.1. The number of carboxylic acid groups (broad SMARTS) is 2. The van der Waals surface area contributed by atoms with Crippen LogP contribution in [0, 0.1) is 0 Å².